The number of benzene rings is 2. The number of fused-ring (bicyclic) bond motifs is 1. The zero-order valence-electron chi connectivity index (χ0n) is 20.3. The molecule has 186 valence electrons. The van der Waals surface area contributed by atoms with Crippen molar-refractivity contribution in [1.82, 2.24) is 9.80 Å². The molecule has 1 fully saturated rings. The fourth-order valence-corrected chi connectivity index (χ4v) is 7.40. The summed E-state index contributed by atoms with van der Waals surface area (Å²) in [6.07, 6.45) is 6.40. The van der Waals surface area contributed by atoms with Gasteiger partial charge in [-0.15, -0.1) is 6.08 Å². The Morgan fingerprint density at radius 3 is 2.50 bits per heavy atom. The molecule has 9 heteroatoms. The fourth-order valence-electron chi connectivity index (χ4n) is 4.40. The largest absolute Gasteiger partial charge is 0.609 e. The van der Waals surface area contributed by atoms with E-state index in [1.54, 1.807) is 4.90 Å². The summed E-state index contributed by atoms with van der Waals surface area (Å²) in [7, 11) is -1.48. The van der Waals surface area contributed by atoms with Crippen molar-refractivity contribution in [3.05, 3.63) is 88.0 Å². The van der Waals surface area contributed by atoms with E-state index < -0.39 is 10.8 Å². The SMILES string of the molecule is CCN1C=C(C=C[C-]2[OH+]c3ccc(-c4ccccc4)cc3N2CC)S(=O)C1=C1SC(=S)N(CC)C1=O. The third-order valence-electron chi connectivity index (χ3n) is 6.23. The normalized spacial score (nSPS) is 21.6. The molecule has 1 N–H and O–H groups in total. The molecule has 3 aliphatic heterocycles. The number of thiocarbonyl (C=S) groups is 1. The first-order chi connectivity index (χ1) is 17.5. The molecule has 0 aromatic heterocycles. The zero-order chi connectivity index (χ0) is 25.4. The molecule has 0 radical (unpaired) electrons. The molecule has 6 nitrogen and oxygen atoms in total. The van der Waals surface area contributed by atoms with Crippen LogP contribution in [0.1, 0.15) is 20.8 Å². The summed E-state index contributed by atoms with van der Waals surface area (Å²) in [5, 5.41) is 0.516. The Hall–Kier alpha value is -3.01. The van der Waals surface area contributed by atoms with Crippen molar-refractivity contribution in [3.63, 3.8) is 0 Å². The molecular weight excluding hydrogens is 511 g/mol. The van der Waals surface area contributed by atoms with Gasteiger partial charge in [-0.3, -0.25) is 9.69 Å². The summed E-state index contributed by atoms with van der Waals surface area (Å²) in [6, 6.07) is 16.6. The molecule has 1 atom stereocenters. The standard InChI is InChI=1S/C27H27N3O3S3/c1-4-28-17-20(36(32)26(28)24-25(31)30(6-3)27(34)35-24)13-15-23-29(5-2)21-16-19(12-14-22(21)33-23)18-10-8-7-9-11-18/h7-17,33H,4-6H2,1-3H3. The Morgan fingerprint density at radius 1 is 1.06 bits per heavy atom. The molecule has 0 spiro atoms. The quantitative estimate of drug-likeness (QED) is 0.211. The van der Waals surface area contributed by atoms with Gasteiger partial charge in [0.25, 0.3) is 11.7 Å². The van der Waals surface area contributed by atoms with Crippen LogP contribution >= 0.6 is 24.0 Å². The lowest BCUT2D eigenvalue weighted by molar-refractivity contribution is -0.122. The number of likely N-dealkylation sites (N-methyl/N-ethyl adjacent to an activating group) is 2. The Balaban J connectivity index is 1.39. The van der Waals surface area contributed by atoms with Crippen LogP contribution in [0.3, 0.4) is 0 Å². The molecule has 2 aromatic carbocycles. The van der Waals surface area contributed by atoms with Gasteiger partial charge >= 0.3 is 0 Å². The minimum Gasteiger partial charge on any atom is -0.609 e. The molecule has 0 bridgehead atoms. The molecule has 1 amide bonds. The summed E-state index contributed by atoms with van der Waals surface area (Å²) >= 11 is 6.59. The van der Waals surface area contributed by atoms with E-state index in [2.05, 4.69) is 36.1 Å². The number of nitrogens with zero attached hydrogens (tertiary/aromatic N) is 3. The Morgan fingerprint density at radius 2 is 1.83 bits per heavy atom. The van der Waals surface area contributed by atoms with E-state index in [1.165, 1.54) is 11.8 Å². The van der Waals surface area contributed by atoms with Gasteiger partial charge in [0.2, 0.25) is 0 Å². The number of carbonyl (C=O) groups excluding carboxylic acids is 1. The van der Waals surface area contributed by atoms with Gasteiger partial charge in [0.15, 0.2) is 6.23 Å². The van der Waals surface area contributed by atoms with Crippen molar-refractivity contribution in [2.24, 2.45) is 0 Å². The number of ether oxygens (including phenoxy) is 1. The van der Waals surface area contributed by atoms with Gasteiger partial charge in [-0.1, -0.05) is 54.3 Å². The first-order valence-corrected chi connectivity index (χ1v) is 14.3. The van der Waals surface area contributed by atoms with Crippen molar-refractivity contribution >= 4 is 50.7 Å². The van der Waals surface area contributed by atoms with E-state index >= 15 is 0 Å². The molecule has 1 saturated heterocycles. The summed E-state index contributed by atoms with van der Waals surface area (Å²) in [5.74, 6) is 0.742. The molecule has 1 unspecified atom stereocenters. The zero-order valence-corrected chi connectivity index (χ0v) is 22.8. The Bertz CT molecular complexity index is 1340. The second kappa shape index (κ2) is 10.2. The molecule has 0 saturated carbocycles. The van der Waals surface area contributed by atoms with E-state index in [0.29, 0.717) is 32.2 Å². The van der Waals surface area contributed by atoms with Gasteiger partial charge in [-0.25, -0.2) is 4.21 Å². The van der Waals surface area contributed by atoms with E-state index in [4.69, 9.17) is 17.0 Å². The maximum Gasteiger partial charge on any atom is 0.268 e. The highest BCUT2D eigenvalue weighted by Crippen LogP contribution is 2.44. The van der Waals surface area contributed by atoms with E-state index in [-0.39, 0.29) is 5.91 Å². The van der Waals surface area contributed by atoms with Gasteiger partial charge in [0, 0.05) is 31.9 Å². The number of aliphatic hydroxyl groups is 1. The number of anilines is 1. The fraction of sp³-hybridized carbons (Fsp3) is 0.222. The summed E-state index contributed by atoms with van der Waals surface area (Å²) in [6.45, 7) is 7.80. The molecular formula is C27H27N3O3S3. The predicted octanol–water partition coefficient (Wildman–Crippen LogP) is 5.46. The number of allylic oxidation sites excluding steroid dienone is 1. The van der Waals surface area contributed by atoms with Crippen LogP contribution in [0.15, 0.2) is 81.7 Å². The molecule has 5 rings (SSSR count). The molecule has 3 aliphatic rings. The van der Waals surface area contributed by atoms with Crippen LogP contribution in [-0.2, 0) is 15.6 Å². The lowest BCUT2D eigenvalue weighted by Crippen LogP contribution is -2.28. The van der Waals surface area contributed by atoms with Crippen molar-refractivity contribution in [2.75, 3.05) is 24.5 Å². The second-order valence-electron chi connectivity index (χ2n) is 8.25. The van der Waals surface area contributed by atoms with Crippen molar-refractivity contribution in [2.45, 2.75) is 20.8 Å². The molecule has 3 heterocycles. The number of amides is 1. The smallest absolute Gasteiger partial charge is 0.268 e. The Kier molecular flexibility index (Phi) is 6.96. The van der Waals surface area contributed by atoms with E-state index in [1.807, 2.05) is 61.4 Å². The first-order valence-electron chi connectivity index (χ1n) is 11.9. The summed E-state index contributed by atoms with van der Waals surface area (Å²) in [5.41, 5.74) is 3.35. The number of thioether (sulfide) groups is 1. The van der Waals surface area contributed by atoms with Crippen molar-refractivity contribution < 1.29 is 13.7 Å². The summed E-state index contributed by atoms with van der Waals surface area (Å²) < 4.78 is 18.8. The lowest BCUT2D eigenvalue weighted by atomic mass is 10.0. The van der Waals surface area contributed by atoms with Gasteiger partial charge < -0.3 is 14.5 Å². The first kappa shape index (κ1) is 24.7. The lowest BCUT2D eigenvalue weighted by Gasteiger charge is -2.23. The van der Waals surface area contributed by atoms with Gasteiger partial charge in [-0.2, -0.15) is 6.08 Å². The minimum atomic E-state index is -1.48. The maximum absolute atomic E-state index is 13.5. The minimum absolute atomic E-state index is 0.171. The number of rotatable bonds is 6. The highest BCUT2D eigenvalue weighted by atomic mass is 32.2. The third-order valence-corrected chi connectivity index (χ3v) is 9.26. The van der Waals surface area contributed by atoms with Crippen LogP contribution < -0.4 is 4.90 Å². The number of aromatic hydroxyl groups is 1. The molecule has 0 aliphatic carbocycles. The monoisotopic (exact) mass is 537 g/mol. The van der Waals surface area contributed by atoms with Crippen LogP contribution in [0, 0.1) is 6.23 Å². The van der Waals surface area contributed by atoms with Gasteiger partial charge in [-0.05, 0) is 48.9 Å². The van der Waals surface area contributed by atoms with Gasteiger partial charge in [0.05, 0.1) is 10.8 Å². The highest BCUT2D eigenvalue weighted by molar-refractivity contribution is 8.27. The maximum atomic E-state index is 13.5. The predicted molar refractivity (Wildman–Crippen MR) is 152 cm³/mol. The average molecular weight is 538 g/mol. The molecule has 36 heavy (non-hydrogen) atoms. The number of hydrogen-bond donors (Lipinski definition) is 0. The van der Waals surface area contributed by atoms with Gasteiger partial charge in [0.1, 0.15) is 19.9 Å². The van der Waals surface area contributed by atoms with Crippen LogP contribution in [-0.4, -0.2) is 48.6 Å². The average Bonchev–Trinajstić information content (AvgIpc) is 3.51. The van der Waals surface area contributed by atoms with Crippen molar-refractivity contribution in [3.8, 4) is 16.9 Å². The summed E-state index contributed by atoms with van der Waals surface area (Å²) in [4.78, 5) is 19.6. The number of hydrogen-bond acceptors (Lipinski definition) is 6. The molecule has 2 aromatic rings. The second-order valence-corrected chi connectivity index (χ2v) is 11.3. The van der Waals surface area contributed by atoms with Crippen LogP contribution in [0.4, 0.5) is 5.69 Å². The topological polar surface area (TPSA) is 56.7 Å². The van der Waals surface area contributed by atoms with Crippen LogP contribution in [0.2, 0.25) is 0 Å². The highest BCUT2D eigenvalue weighted by Gasteiger charge is 2.38. The Labute approximate surface area is 223 Å². The number of carbonyl (C=O) groups is 1. The van der Waals surface area contributed by atoms with Crippen LogP contribution in [0.5, 0.6) is 5.75 Å². The van der Waals surface area contributed by atoms with Crippen LogP contribution in [0.25, 0.3) is 11.1 Å². The van der Waals surface area contributed by atoms with Crippen molar-refractivity contribution in [1.29, 1.82) is 0 Å². The van der Waals surface area contributed by atoms with E-state index in [9.17, 15) is 9.00 Å². The van der Waals surface area contributed by atoms with E-state index in [0.717, 1.165) is 35.3 Å². The third kappa shape index (κ3) is 4.25.